The minimum atomic E-state index is -1.10. The molecule has 0 aromatic carbocycles. The van der Waals surface area contributed by atoms with Gasteiger partial charge in [0.15, 0.2) is 5.78 Å². The Hall–Kier alpha value is -0.0436. The van der Waals surface area contributed by atoms with E-state index in [1.807, 2.05) is 6.08 Å². The van der Waals surface area contributed by atoms with Gasteiger partial charge in [-0.2, -0.15) is 0 Å². The van der Waals surface area contributed by atoms with Gasteiger partial charge in [0.25, 0.3) is 0 Å². The molecule has 6 atom stereocenters. The number of carboxylic acids is 1. The zero-order chi connectivity index (χ0) is 18.7. The summed E-state index contributed by atoms with van der Waals surface area (Å²) in [4.78, 5) is 22.8. The molecule has 140 valence electrons. The van der Waals surface area contributed by atoms with Gasteiger partial charge in [0.05, 0.1) is 5.60 Å². The molecule has 1 saturated carbocycles. The first-order valence-electron chi connectivity index (χ1n) is 9.74. The maximum atomic E-state index is 11.9. The Morgan fingerprint density at radius 3 is 2.74 bits per heavy atom. The fraction of sp³-hybridized carbons (Fsp3) is 0.636. The predicted molar refractivity (Wildman–Crippen MR) is 95.7 cm³/mol. The number of carbonyl (C=O) groups is 2. The Kier molecular flexibility index (Phi) is 5.88. The van der Waals surface area contributed by atoms with Gasteiger partial charge in [0.1, 0.15) is 0 Å². The van der Waals surface area contributed by atoms with E-state index in [-0.39, 0.29) is 81.3 Å². The number of aliphatic hydroxyl groups is 1. The van der Waals surface area contributed by atoms with Gasteiger partial charge in [-0.05, 0) is 66.9 Å². The maximum Gasteiger partial charge on any atom is 1.00 e. The Bertz CT molecular complexity index is 753. The van der Waals surface area contributed by atoms with Crippen molar-refractivity contribution in [3.05, 3.63) is 36.0 Å². The third-order valence-electron chi connectivity index (χ3n) is 8.01. The van der Waals surface area contributed by atoms with Crippen LogP contribution in [0.2, 0.25) is 0 Å². The van der Waals surface area contributed by atoms with Crippen LogP contribution in [0.15, 0.2) is 36.0 Å². The Morgan fingerprint density at radius 1 is 1.30 bits per heavy atom. The van der Waals surface area contributed by atoms with Crippen molar-refractivity contribution in [2.45, 2.75) is 58.0 Å². The minimum absolute atomic E-state index is 0. The molecule has 4 aliphatic rings. The number of allylic oxidation sites excluding steroid dienone is 5. The zero-order valence-corrected chi connectivity index (χ0v) is 19.7. The van der Waals surface area contributed by atoms with E-state index in [1.165, 1.54) is 0 Å². The van der Waals surface area contributed by atoms with Crippen LogP contribution in [-0.2, 0) is 9.59 Å². The number of rotatable bonds is 3. The van der Waals surface area contributed by atoms with Gasteiger partial charge in [-0.1, -0.05) is 38.2 Å². The zero-order valence-electron chi connectivity index (χ0n) is 16.5. The van der Waals surface area contributed by atoms with E-state index >= 15 is 0 Å². The van der Waals surface area contributed by atoms with Crippen LogP contribution < -0.4 is 56.5 Å². The Labute approximate surface area is 203 Å². The van der Waals surface area contributed by atoms with E-state index in [0.29, 0.717) is 24.7 Å². The molecular formula is C22H27KO4. The largest absolute Gasteiger partial charge is 1.00 e. The van der Waals surface area contributed by atoms with Crippen molar-refractivity contribution in [1.29, 1.82) is 0 Å². The molecule has 0 bridgehead atoms. The molecule has 0 saturated heterocycles. The summed E-state index contributed by atoms with van der Waals surface area (Å²) in [6.45, 7) is 4.34. The summed E-state index contributed by atoms with van der Waals surface area (Å²) in [6, 6.07) is 0. The van der Waals surface area contributed by atoms with Crippen molar-refractivity contribution in [3.8, 4) is 0 Å². The van der Waals surface area contributed by atoms with E-state index < -0.39 is 17.0 Å². The van der Waals surface area contributed by atoms with Gasteiger partial charge >= 0.3 is 51.4 Å². The second kappa shape index (κ2) is 7.33. The first-order valence-corrected chi connectivity index (χ1v) is 9.74. The van der Waals surface area contributed by atoms with Crippen LogP contribution in [0.1, 0.15) is 52.4 Å². The average molecular weight is 395 g/mol. The van der Waals surface area contributed by atoms with Crippen LogP contribution in [0, 0.1) is 28.6 Å². The smallest absolute Gasteiger partial charge is 0.550 e. The third-order valence-corrected chi connectivity index (χ3v) is 8.01. The fourth-order valence-corrected chi connectivity index (χ4v) is 6.21. The maximum absolute atomic E-state index is 11.9. The minimum Gasteiger partial charge on any atom is -0.550 e. The van der Waals surface area contributed by atoms with Crippen molar-refractivity contribution >= 4 is 11.8 Å². The quantitative estimate of drug-likeness (QED) is 0.509. The molecule has 1 fully saturated rings. The van der Waals surface area contributed by atoms with E-state index in [4.69, 9.17) is 0 Å². The molecule has 1 N–H and O–H groups in total. The second-order valence-corrected chi connectivity index (χ2v) is 9.14. The van der Waals surface area contributed by atoms with Gasteiger partial charge in [0, 0.05) is 17.8 Å². The average Bonchev–Trinajstić information content (AvgIpc) is 2.86. The first-order chi connectivity index (χ1) is 12.2. The number of carboxylic acid groups (broad SMARTS) is 1. The molecule has 27 heavy (non-hydrogen) atoms. The molecule has 4 nitrogen and oxygen atoms in total. The van der Waals surface area contributed by atoms with Crippen LogP contribution >= 0.6 is 0 Å². The summed E-state index contributed by atoms with van der Waals surface area (Å²) in [6.07, 6.45) is 13.7. The van der Waals surface area contributed by atoms with Gasteiger partial charge in [-0.25, -0.2) is 0 Å². The van der Waals surface area contributed by atoms with Crippen LogP contribution in [0.5, 0.6) is 0 Å². The summed E-state index contributed by atoms with van der Waals surface area (Å²) in [5.74, 6) is 0.0415. The van der Waals surface area contributed by atoms with Gasteiger partial charge in [-0.15, -0.1) is 0 Å². The van der Waals surface area contributed by atoms with Gasteiger partial charge in [0.2, 0.25) is 0 Å². The molecule has 0 spiro atoms. The van der Waals surface area contributed by atoms with E-state index in [1.54, 1.807) is 0 Å². The summed E-state index contributed by atoms with van der Waals surface area (Å²) in [5.41, 5.74) is -0.312. The van der Waals surface area contributed by atoms with Crippen molar-refractivity contribution < 1.29 is 71.2 Å². The molecule has 0 radical (unpaired) electrons. The van der Waals surface area contributed by atoms with Gasteiger partial charge in [-0.3, -0.25) is 4.79 Å². The second-order valence-electron chi connectivity index (χ2n) is 9.14. The summed E-state index contributed by atoms with van der Waals surface area (Å²) in [7, 11) is 0. The molecule has 4 aliphatic carbocycles. The molecule has 4 rings (SSSR count). The van der Waals surface area contributed by atoms with Crippen LogP contribution in [-0.4, -0.2) is 22.5 Å². The number of aliphatic carboxylic acids is 1. The fourth-order valence-electron chi connectivity index (χ4n) is 6.21. The Morgan fingerprint density at radius 2 is 2.04 bits per heavy atom. The molecule has 0 aromatic rings. The first kappa shape index (κ1) is 21.7. The molecule has 0 heterocycles. The van der Waals surface area contributed by atoms with Crippen molar-refractivity contribution in [1.82, 2.24) is 0 Å². The summed E-state index contributed by atoms with van der Waals surface area (Å²) >= 11 is 0. The van der Waals surface area contributed by atoms with E-state index in [9.17, 15) is 19.8 Å². The normalized spacial score (nSPS) is 44.6. The standard InChI is InChI=1S/C22H28O4.K/c1-20-9-5-15(23)13-14(20)3-4-16-17(20)6-10-21(2)18(16)7-11-22(21,26)12-8-19(24)25;/h3-4,6,10,13,16-18,26H,5,7-9,11-12H2,1-2H3,(H,24,25);/q;+1/p-1/t16-,17+,18+,20+,21+,22-;/m1./s1. The number of fused-ring (bicyclic) bond motifs is 5. The van der Waals surface area contributed by atoms with Crippen LogP contribution in [0.3, 0.4) is 0 Å². The van der Waals surface area contributed by atoms with Crippen LogP contribution in [0.25, 0.3) is 0 Å². The Balaban J connectivity index is 0.00000210. The number of hydrogen-bond donors (Lipinski definition) is 1. The SMILES string of the molecule is C[C@]12CCC(=O)C=C1C=C[C@@H]1[C@@H]2C=C[C@@]2(C)[C@H]1CC[C@@]2(O)CCC(=O)[O-].[K+]. The number of ketones is 1. The number of carbonyl (C=O) groups excluding carboxylic acids is 2. The van der Waals surface area contributed by atoms with Crippen molar-refractivity contribution in [2.24, 2.45) is 28.6 Å². The van der Waals surface area contributed by atoms with Gasteiger partial charge < -0.3 is 15.0 Å². The monoisotopic (exact) mass is 394 g/mol. The molecule has 0 aliphatic heterocycles. The predicted octanol–water partition coefficient (Wildman–Crippen LogP) is -0.664. The van der Waals surface area contributed by atoms with E-state index in [0.717, 1.165) is 18.4 Å². The van der Waals surface area contributed by atoms with E-state index in [2.05, 4.69) is 38.2 Å². The van der Waals surface area contributed by atoms with Crippen LogP contribution in [0.4, 0.5) is 0 Å². The molecule has 0 amide bonds. The summed E-state index contributed by atoms with van der Waals surface area (Å²) < 4.78 is 0. The summed E-state index contributed by atoms with van der Waals surface area (Å²) in [5, 5.41) is 22.2. The molecular weight excluding hydrogens is 367 g/mol. The number of hydrogen-bond acceptors (Lipinski definition) is 4. The molecule has 5 heteroatoms. The third kappa shape index (κ3) is 3.23. The molecule has 0 unspecified atom stereocenters. The molecule has 0 aromatic heterocycles. The topological polar surface area (TPSA) is 77.4 Å². The van der Waals surface area contributed by atoms with Crippen molar-refractivity contribution in [2.75, 3.05) is 0 Å². The van der Waals surface area contributed by atoms with Crippen molar-refractivity contribution in [3.63, 3.8) is 0 Å².